The lowest BCUT2D eigenvalue weighted by atomic mass is 9.62. The van der Waals surface area contributed by atoms with Crippen LogP contribution in [0.3, 0.4) is 0 Å². The Morgan fingerprint density at radius 1 is 0.917 bits per heavy atom. The number of nitriles is 1. The summed E-state index contributed by atoms with van der Waals surface area (Å²) in [5.74, 6) is 0.928. The topological polar surface area (TPSA) is 39.9 Å². The van der Waals surface area contributed by atoms with Crippen molar-refractivity contribution in [2.45, 2.75) is 62.9 Å². The highest BCUT2D eigenvalue weighted by atomic mass is 15.2. The summed E-state index contributed by atoms with van der Waals surface area (Å²) in [6.07, 6.45) is 16.1. The summed E-state index contributed by atoms with van der Waals surface area (Å²) < 4.78 is 0. The fraction of sp³-hybridized carbons (Fsp3) is 0.333. The van der Waals surface area contributed by atoms with Crippen molar-refractivity contribution in [1.29, 1.82) is 5.26 Å². The minimum atomic E-state index is 0.158. The van der Waals surface area contributed by atoms with Gasteiger partial charge in [-0.05, 0) is 66.3 Å². The van der Waals surface area contributed by atoms with Gasteiger partial charge in [0.15, 0.2) is 0 Å². The predicted molar refractivity (Wildman–Crippen MR) is 147 cm³/mol. The lowest BCUT2D eigenvalue weighted by Gasteiger charge is -2.56. The quantitative estimate of drug-likeness (QED) is 0.370. The van der Waals surface area contributed by atoms with Crippen molar-refractivity contribution in [2.75, 3.05) is 4.90 Å². The first kappa shape index (κ1) is 22.8. The molecule has 2 aliphatic carbocycles. The molecule has 0 saturated carbocycles. The molecule has 1 aliphatic heterocycles. The van der Waals surface area contributed by atoms with E-state index >= 15 is 0 Å². The van der Waals surface area contributed by atoms with E-state index in [1.165, 1.54) is 29.7 Å². The highest BCUT2D eigenvalue weighted by Crippen LogP contribution is 2.52. The first-order valence-corrected chi connectivity index (χ1v) is 13.3. The molecular weight excluding hydrogens is 438 g/mol. The average molecular weight is 472 g/mol. The number of benzene rings is 2. The molecular formula is C33H33N3. The second-order valence-electron chi connectivity index (χ2n) is 11.0. The van der Waals surface area contributed by atoms with Crippen molar-refractivity contribution in [1.82, 2.24) is 4.98 Å². The van der Waals surface area contributed by atoms with Crippen LogP contribution in [0.5, 0.6) is 0 Å². The molecule has 0 radical (unpaired) electrons. The van der Waals surface area contributed by atoms with Crippen molar-refractivity contribution >= 4 is 5.69 Å². The highest BCUT2D eigenvalue weighted by Gasteiger charge is 2.48. The summed E-state index contributed by atoms with van der Waals surface area (Å²) in [5.41, 5.74) is 6.74. The summed E-state index contributed by atoms with van der Waals surface area (Å²) in [6.45, 7) is 4.90. The van der Waals surface area contributed by atoms with Crippen molar-refractivity contribution in [3.8, 4) is 17.3 Å². The van der Waals surface area contributed by atoms with Gasteiger partial charge in [-0.25, -0.2) is 0 Å². The summed E-state index contributed by atoms with van der Waals surface area (Å²) in [7, 11) is 0. The third-order valence-electron chi connectivity index (χ3n) is 8.76. The normalized spacial score (nSPS) is 26.1. The van der Waals surface area contributed by atoms with E-state index in [2.05, 4.69) is 103 Å². The number of nitrogens with zero attached hydrogens (tertiary/aromatic N) is 3. The zero-order valence-electron chi connectivity index (χ0n) is 21.1. The molecule has 4 unspecified atom stereocenters. The van der Waals surface area contributed by atoms with Gasteiger partial charge in [0.05, 0.1) is 17.3 Å². The van der Waals surface area contributed by atoms with E-state index in [-0.39, 0.29) is 5.41 Å². The van der Waals surface area contributed by atoms with Crippen LogP contribution in [0.4, 0.5) is 5.69 Å². The Labute approximate surface area is 214 Å². The minimum absolute atomic E-state index is 0.158. The molecule has 3 aliphatic rings. The zero-order valence-corrected chi connectivity index (χ0v) is 21.1. The third-order valence-corrected chi connectivity index (χ3v) is 8.76. The van der Waals surface area contributed by atoms with Gasteiger partial charge in [-0.2, -0.15) is 5.26 Å². The van der Waals surface area contributed by atoms with Crippen LogP contribution in [0.15, 0.2) is 91.2 Å². The van der Waals surface area contributed by atoms with E-state index in [0.717, 1.165) is 24.1 Å². The van der Waals surface area contributed by atoms with Gasteiger partial charge >= 0.3 is 0 Å². The fourth-order valence-electron chi connectivity index (χ4n) is 6.95. The van der Waals surface area contributed by atoms with E-state index in [1.54, 1.807) is 6.20 Å². The highest BCUT2D eigenvalue weighted by molar-refractivity contribution is 5.67. The molecule has 0 N–H and O–H groups in total. The Morgan fingerprint density at radius 2 is 1.69 bits per heavy atom. The maximum Gasteiger partial charge on any atom is 0.101 e. The predicted octanol–water partition coefficient (Wildman–Crippen LogP) is 7.56. The maximum atomic E-state index is 9.52. The molecule has 180 valence electrons. The number of allylic oxidation sites excluding steroid dienone is 2. The molecule has 4 atom stereocenters. The van der Waals surface area contributed by atoms with Gasteiger partial charge in [0.1, 0.15) is 6.07 Å². The summed E-state index contributed by atoms with van der Waals surface area (Å²) in [5, 5.41) is 9.52. The number of rotatable bonds is 3. The molecule has 6 rings (SSSR count). The molecule has 0 bridgehead atoms. The molecule has 1 aromatic heterocycles. The molecule has 0 amide bonds. The molecule has 2 heterocycles. The second-order valence-corrected chi connectivity index (χ2v) is 11.0. The maximum absolute atomic E-state index is 9.52. The number of fused-ring (bicyclic) bond motifs is 2. The largest absolute Gasteiger partial charge is 0.361 e. The van der Waals surface area contributed by atoms with Crippen molar-refractivity contribution in [3.05, 3.63) is 108 Å². The van der Waals surface area contributed by atoms with Crippen molar-refractivity contribution in [2.24, 2.45) is 5.92 Å². The molecule has 0 spiro atoms. The van der Waals surface area contributed by atoms with E-state index in [4.69, 9.17) is 0 Å². The van der Waals surface area contributed by atoms with E-state index in [1.807, 2.05) is 12.1 Å². The molecule has 0 fully saturated rings. The molecule has 3 nitrogen and oxygen atoms in total. The smallest absolute Gasteiger partial charge is 0.101 e. The third kappa shape index (κ3) is 3.68. The van der Waals surface area contributed by atoms with Crippen molar-refractivity contribution < 1.29 is 0 Å². The van der Waals surface area contributed by atoms with E-state index in [0.29, 0.717) is 29.5 Å². The average Bonchev–Trinajstić information content (AvgIpc) is 2.94. The first-order valence-electron chi connectivity index (χ1n) is 13.3. The SMILES string of the molecule is CC1(C)c2ccccc2N(C2CCC=CC2c2ccc(-c3ncccc3C#N)cc2)C2C=CCCC21. The monoisotopic (exact) mass is 471 g/mol. The van der Waals surface area contributed by atoms with Gasteiger partial charge in [-0.3, -0.25) is 4.98 Å². The molecule has 2 aromatic carbocycles. The number of para-hydroxylation sites is 1. The van der Waals surface area contributed by atoms with Crippen LogP contribution >= 0.6 is 0 Å². The number of anilines is 1. The number of aromatic nitrogens is 1. The molecule has 0 saturated heterocycles. The molecule has 36 heavy (non-hydrogen) atoms. The van der Waals surface area contributed by atoms with Crippen LogP contribution in [0.2, 0.25) is 0 Å². The Bertz CT molecular complexity index is 1360. The molecule has 3 aromatic rings. The van der Waals surface area contributed by atoms with Gasteiger partial charge < -0.3 is 4.90 Å². The Morgan fingerprint density at radius 3 is 2.53 bits per heavy atom. The van der Waals surface area contributed by atoms with Gasteiger partial charge in [-0.1, -0.05) is 80.6 Å². The summed E-state index contributed by atoms with van der Waals surface area (Å²) in [6, 6.07) is 24.6. The lowest BCUT2D eigenvalue weighted by Crippen LogP contribution is -2.57. The standard InChI is InChI=1S/C33H33N3/c1-33(2)27-12-4-7-15-30(27)36(31-16-8-5-13-28(31)33)29-14-6-3-11-26(29)23-17-19-24(20-18-23)32-25(22-34)10-9-21-35-32/h3-4,7-12,15-21,26,28-29,31H,5-6,13-14H2,1-2H3. The van der Waals surface area contributed by atoms with Crippen LogP contribution in [0.1, 0.15) is 62.1 Å². The number of pyridine rings is 1. The molecule has 3 heteroatoms. The Hall–Kier alpha value is -3.64. The Kier molecular flexibility index (Phi) is 5.76. The first-order chi connectivity index (χ1) is 17.6. The van der Waals surface area contributed by atoms with Crippen LogP contribution in [-0.4, -0.2) is 17.1 Å². The van der Waals surface area contributed by atoms with Gasteiger partial charge in [-0.15, -0.1) is 0 Å². The summed E-state index contributed by atoms with van der Waals surface area (Å²) >= 11 is 0. The fourth-order valence-corrected chi connectivity index (χ4v) is 6.95. The zero-order chi connectivity index (χ0) is 24.7. The van der Waals surface area contributed by atoms with Gasteiger partial charge in [0, 0.05) is 29.4 Å². The van der Waals surface area contributed by atoms with Crippen LogP contribution in [0.25, 0.3) is 11.3 Å². The Balaban J connectivity index is 1.40. The van der Waals surface area contributed by atoms with Crippen LogP contribution in [-0.2, 0) is 5.41 Å². The minimum Gasteiger partial charge on any atom is -0.361 e. The van der Waals surface area contributed by atoms with E-state index < -0.39 is 0 Å². The van der Waals surface area contributed by atoms with Gasteiger partial charge in [0.25, 0.3) is 0 Å². The van der Waals surface area contributed by atoms with Gasteiger partial charge in [0.2, 0.25) is 0 Å². The van der Waals surface area contributed by atoms with E-state index in [9.17, 15) is 5.26 Å². The summed E-state index contributed by atoms with van der Waals surface area (Å²) in [4.78, 5) is 7.26. The second kappa shape index (κ2) is 9.10. The number of hydrogen-bond acceptors (Lipinski definition) is 3. The van der Waals surface area contributed by atoms with Crippen molar-refractivity contribution in [3.63, 3.8) is 0 Å². The lowest BCUT2D eigenvalue weighted by molar-refractivity contribution is 0.229. The van der Waals surface area contributed by atoms with Crippen LogP contribution in [0, 0.1) is 17.2 Å². The number of hydrogen-bond donors (Lipinski definition) is 0. The van der Waals surface area contributed by atoms with Crippen LogP contribution < -0.4 is 4.90 Å².